The molecule has 20 heavy (non-hydrogen) atoms. The maximum absolute atomic E-state index is 9.13. The molecule has 1 atom stereocenters. The van der Waals surface area contributed by atoms with Gasteiger partial charge >= 0.3 is 0 Å². The van der Waals surface area contributed by atoms with Crippen LogP contribution in [0.1, 0.15) is 77.6 Å². The van der Waals surface area contributed by atoms with E-state index in [1.165, 1.54) is 64.2 Å². The normalized spacial score (nSPS) is 25.3. The first kappa shape index (κ1) is 15.8. The third kappa shape index (κ3) is 4.46. The molecule has 0 amide bonds. The van der Waals surface area contributed by atoms with Crippen LogP contribution in [0, 0.1) is 11.3 Å². The average Bonchev–Trinajstić information content (AvgIpc) is 2.49. The predicted molar refractivity (Wildman–Crippen MR) is 83.3 cm³/mol. The fraction of sp³-hybridized carbons (Fsp3) is 0.941. The molecule has 2 aliphatic carbocycles. The molecule has 2 aliphatic rings. The van der Waals surface area contributed by atoms with Crippen molar-refractivity contribution < 1.29 is 0 Å². The quantitative estimate of drug-likeness (QED) is 0.835. The molecule has 2 rings (SSSR count). The standard InChI is InChI=1S/C17H31N3/c1-17(19,14-18)12-13-20(15-8-4-2-5-9-15)16-10-6-3-7-11-16/h15-16H,2-13,19H2,1H3. The van der Waals surface area contributed by atoms with Gasteiger partial charge in [-0.25, -0.2) is 0 Å². The smallest absolute Gasteiger partial charge is 0.102 e. The Morgan fingerprint density at radius 2 is 1.45 bits per heavy atom. The number of hydrogen-bond acceptors (Lipinski definition) is 3. The lowest BCUT2D eigenvalue weighted by molar-refractivity contribution is 0.0758. The minimum absolute atomic E-state index is 0.665. The fourth-order valence-electron chi connectivity index (χ4n) is 3.91. The summed E-state index contributed by atoms with van der Waals surface area (Å²) in [6, 6.07) is 3.76. The summed E-state index contributed by atoms with van der Waals surface area (Å²) in [6.07, 6.45) is 14.5. The molecule has 0 aliphatic heterocycles. The van der Waals surface area contributed by atoms with Crippen molar-refractivity contribution in [2.45, 2.75) is 95.2 Å². The summed E-state index contributed by atoms with van der Waals surface area (Å²) in [5.74, 6) is 0. The summed E-state index contributed by atoms with van der Waals surface area (Å²) in [6.45, 7) is 2.88. The van der Waals surface area contributed by atoms with Crippen molar-refractivity contribution in [2.24, 2.45) is 5.73 Å². The van der Waals surface area contributed by atoms with Crippen molar-refractivity contribution in [2.75, 3.05) is 6.54 Å². The van der Waals surface area contributed by atoms with Crippen LogP contribution in [0.5, 0.6) is 0 Å². The zero-order valence-corrected chi connectivity index (χ0v) is 13.1. The Balaban J connectivity index is 1.97. The van der Waals surface area contributed by atoms with Crippen LogP contribution in [0.15, 0.2) is 0 Å². The SMILES string of the molecule is CC(N)(C#N)CCN(C1CCCCC1)C1CCCCC1. The Labute approximate surface area is 124 Å². The first-order valence-corrected chi connectivity index (χ1v) is 8.58. The van der Waals surface area contributed by atoms with Crippen molar-refractivity contribution in [1.82, 2.24) is 4.90 Å². The summed E-state index contributed by atoms with van der Waals surface area (Å²) < 4.78 is 0. The predicted octanol–water partition coefficient (Wildman–Crippen LogP) is 3.58. The van der Waals surface area contributed by atoms with Gasteiger partial charge in [-0.2, -0.15) is 5.26 Å². The highest BCUT2D eigenvalue weighted by molar-refractivity contribution is 5.01. The Bertz CT molecular complexity index is 302. The van der Waals surface area contributed by atoms with E-state index in [0.717, 1.165) is 25.0 Å². The fourth-order valence-corrected chi connectivity index (χ4v) is 3.91. The van der Waals surface area contributed by atoms with Crippen LogP contribution >= 0.6 is 0 Å². The van der Waals surface area contributed by atoms with Crippen molar-refractivity contribution >= 4 is 0 Å². The maximum Gasteiger partial charge on any atom is 0.102 e. The van der Waals surface area contributed by atoms with E-state index in [-0.39, 0.29) is 0 Å². The van der Waals surface area contributed by atoms with Crippen LogP contribution < -0.4 is 5.73 Å². The van der Waals surface area contributed by atoms with E-state index in [2.05, 4.69) is 11.0 Å². The molecule has 0 aromatic carbocycles. The second kappa shape index (κ2) is 7.43. The van der Waals surface area contributed by atoms with E-state index in [4.69, 9.17) is 11.0 Å². The number of hydrogen-bond donors (Lipinski definition) is 1. The maximum atomic E-state index is 9.13. The van der Waals surface area contributed by atoms with Gasteiger partial charge in [-0.15, -0.1) is 0 Å². The molecule has 0 aromatic rings. The minimum Gasteiger partial charge on any atom is -0.314 e. The van der Waals surface area contributed by atoms with Crippen LogP contribution in [-0.2, 0) is 0 Å². The van der Waals surface area contributed by atoms with E-state index < -0.39 is 5.54 Å². The monoisotopic (exact) mass is 277 g/mol. The van der Waals surface area contributed by atoms with E-state index >= 15 is 0 Å². The summed E-state index contributed by atoms with van der Waals surface area (Å²) in [5, 5.41) is 9.13. The van der Waals surface area contributed by atoms with Crippen molar-refractivity contribution in [3.05, 3.63) is 0 Å². The van der Waals surface area contributed by atoms with Crippen LogP contribution in [0.2, 0.25) is 0 Å². The van der Waals surface area contributed by atoms with Gasteiger partial charge in [0.05, 0.1) is 6.07 Å². The molecular formula is C17H31N3. The molecule has 0 aromatic heterocycles. The summed E-state index contributed by atoms with van der Waals surface area (Å²) >= 11 is 0. The van der Waals surface area contributed by atoms with Gasteiger partial charge in [-0.1, -0.05) is 38.5 Å². The Morgan fingerprint density at radius 1 is 1.00 bits per heavy atom. The molecule has 3 heteroatoms. The number of rotatable bonds is 5. The van der Waals surface area contributed by atoms with Gasteiger partial charge in [0.1, 0.15) is 5.54 Å². The van der Waals surface area contributed by atoms with Crippen LogP contribution in [-0.4, -0.2) is 29.1 Å². The van der Waals surface area contributed by atoms with Crippen molar-refractivity contribution in [3.63, 3.8) is 0 Å². The number of nitrogens with two attached hydrogens (primary N) is 1. The van der Waals surface area contributed by atoms with Gasteiger partial charge in [-0.05, 0) is 39.0 Å². The topological polar surface area (TPSA) is 53.1 Å². The average molecular weight is 277 g/mol. The zero-order valence-electron chi connectivity index (χ0n) is 13.1. The molecule has 114 valence electrons. The Morgan fingerprint density at radius 3 is 1.85 bits per heavy atom. The first-order valence-electron chi connectivity index (χ1n) is 8.58. The number of nitriles is 1. The molecule has 0 heterocycles. The van der Waals surface area contributed by atoms with Gasteiger partial charge < -0.3 is 5.73 Å². The molecule has 1 unspecified atom stereocenters. The lowest BCUT2D eigenvalue weighted by Gasteiger charge is -2.42. The highest BCUT2D eigenvalue weighted by atomic mass is 15.2. The van der Waals surface area contributed by atoms with E-state index in [0.29, 0.717) is 0 Å². The molecule has 3 nitrogen and oxygen atoms in total. The molecule has 0 bridgehead atoms. The third-order valence-corrected chi connectivity index (χ3v) is 5.23. The minimum atomic E-state index is -0.665. The largest absolute Gasteiger partial charge is 0.314 e. The van der Waals surface area contributed by atoms with Crippen LogP contribution in [0.25, 0.3) is 0 Å². The number of nitrogens with zero attached hydrogens (tertiary/aromatic N) is 2. The Kier molecular flexibility index (Phi) is 5.86. The molecule has 2 N–H and O–H groups in total. The lowest BCUT2D eigenvalue weighted by atomic mass is 9.87. The van der Waals surface area contributed by atoms with Crippen LogP contribution in [0.3, 0.4) is 0 Å². The highest BCUT2D eigenvalue weighted by Gasteiger charge is 2.30. The Hall–Kier alpha value is -0.590. The van der Waals surface area contributed by atoms with Gasteiger partial charge in [0, 0.05) is 18.6 Å². The summed E-state index contributed by atoms with van der Waals surface area (Å²) in [4.78, 5) is 2.74. The van der Waals surface area contributed by atoms with Gasteiger partial charge in [0.25, 0.3) is 0 Å². The summed E-state index contributed by atoms with van der Waals surface area (Å²) in [7, 11) is 0. The second-order valence-electron chi connectivity index (χ2n) is 7.10. The zero-order chi connectivity index (χ0) is 14.4. The second-order valence-corrected chi connectivity index (χ2v) is 7.10. The highest BCUT2D eigenvalue weighted by Crippen LogP contribution is 2.30. The van der Waals surface area contributed by atoms with Crippen LogP contribution in [0.4, 0.5) is 0 Å². The van der Waals surface area contributed by atoms with Crippen molar-refractivity contribution in [1.29, 1.82) is 5.26 Å². The van der Waals surface area contributed by atoms with Crippen molar-refractivity contribution in [3.8, 4) is 6.07 Å². The van der Waals surface area contributed by atoms with E-state index in [1.807, 2.05) is 6.92 Å². The lowest BCUT2D eigenvalue weighted by Crippen LogP contribution is -2.48. The molecule has 0 spiro atoms. The summed E-state index contributed by atoms with van der Waals surface area (Å²) in [5.41, 5.74) is 5.37. The van der Waals surface area contributed by atoms with Gasteiger partial charge in [0.15, 0.2) is 0 Å². The van der Waals surface area contributed by atoms with E-state index in [9.17, 15) is 0 Å². The molecule has 0 saturated heterocycles. The van der Waals surface area contributed by atoms with E-state index in [1.54, 1.807) is 0 Å². The van der Waals surface area contributed by atoms with Gasteiger partial charge in [0.2, 0.25) is 0 Å². The first-order chi connectivity index (χ1) is 9.62. The molecule has 2 fully saturated rings. The third-order valence-electron chi connectivity index (χ3n) is 5.23. The van der Waals surface area contributed by atoms with Gasteiger partial charge in [-0.3, -0.25) is 4.90 Å². The molecule has 0 radical (unpaired) electrons. The molecular weight excluding hydrogens is 246 g/mol. The molecule has 2 saturated carbocycles.